The van der Waals surface area contributed by atoms with Gasteiger partial charge in [-0.15, -0.1) is 0 Å². The molecule has 2 amide bonds. The highest BCUT2D eigenvalue weighted by Crippen LogP contribution is 2.19. The maximum atomic E-state index is 11.6. The molecule has 3 N–H and O–H groups in total. The van der Waals surface area contributed by atoms with Gasteiger partial charge in [-0.2, -0.15) is 0 Å². The molecular formula is C13H20N2O4. The van der Waals surface area contributed by atoms with E-state index in [1.165, 1.54) is 0 Å². The number of carbonyl (C=O) groups is 2. The van der Waals surface area contributed by atoms with E-state index in [-0.39, 0.29) is 0 Å². The standard InChI is InChI=1S/C13H20N2O4/c1-13(2,3)10(11(16)17)15-12(18)14-7-6-9-5-4-8-19-9/h4-5,8,10H,6-7H2,1-3H3,(H,16,17)(H2,14,15,18). The molecule has 0 aliphatic carbocycles. The average molecular weight is 268 g/mol. The van der Waals surface area contributed by atoms with Crippen molar-refractivity contribution in [1.82, 2.24) is 10.6 Å². The molecule has 106 valence electrons. The Bertz CT molecular complexity index is 420. The number of nitrogens with one attached hydrogen (secondary N) is 2. The molecule has 1 aromatic heterocycles. The highest BCUT2D eigenvalue weighted by atomic mass is 16.4. The summed E-state index contributed by atoms with van der Waals surface area (Å²) >= 11 is 0. The van der Waals surface area contributed by atoms with Crippen molar-refractivity contribution in [3.8, 4) is 0 Å². The number of carboxylic acid groups (broad SMARTS) is 1. The molecule has 0 aliphatic rings. The van der Waals surface area contributed by atoms with Crippen molar-refractivity contribution < 1.29 is 19.1 Å². The number of carboxylic acids is 1. The maximum Gasteiger partial charge on any atom is 0.326 e. The Morgan fingerprint density at radius 1 is 1.42 bits per heavy atom. The van der Waals surface area contributed by atoms with Crippen LogP contribution in [0.15, 0.2) is 22.8 Å². The number of amides is 2. The second-order valence-corrected chi connectivity index (χ2v) is 5.37. The Morgan fingerprint density at radius 3 is 2.58 bits per heavy atom. The number of furan rings is 1. The molecule has 0 radical (unpaired) electrons. The Morgan fingerprint density at radius 2 is 2.11 bits per heavy atom. The van der Waals surface area contributed by atoms with Gasteiger partial charge in [-0.1, -0.05) is 20.8 Å². The zero-order chi connectivity index (χ0) is 14.5. The molecule has 1 heterocycles. The summed E-state index contributed by atoms with van der Waals surface area (Å²) in [6.07, 6.45) is 2.13. The van der Waals surface area contributed by atoms with Crippen molar-refractivity contribution in [1.29, 1.82) is 0 Å². The molecule has 1 atom stereocenters. The first-order valence-electron chi connectivity index (χ1n) is 6.10. The maximum absolute atomic E-state index is 11.6. The third kappa shape index (κ3) is 5.03. The third-order valence-corrected chi connectivity index (χ3v) is 2.63. The van der Waals surface area contributed by atoms with E-state index in [0.29, 0.717) is 13.0 Å². The van der Waals surface area contributed by atoms with E-state index in [1.54, 1.807) is 33.1 Å². The van der Waals surface area contributed by atoms with Crippen molar-refractivity contribution in [2.75, 3.05) is 6.54 Å². The molecule has 0 saturated heterocycles. The topological polar surface area (TPSA) is 91.6 Å². The van der Waals surface area contributed by atoms with E-state index < -0.39 is 23.5 Å². The van der Waals surface area contributed by atoms with Crippen LogP contribution in [0.4, 0.5) is 4.79 Å². The molecule has 0 spiro atoms. The fourth-order valence-corrected chi connectivity index (χ4v) is 1.58. The second-order valence-electron chi connectivity index (χ2n) is 5.37. The van der Waals surface area contributed by atoms with Gasteiger partial charge >= 0.3 is 12.0 Å². The van der Waals surface area contributed by atoms with Crippen LogP contribution < -0.4 is 10.6 Å². The van der Waals surface area contributed by atoms with Crippen LogP contribution in [0.3, 0.4) is 0 Å². The molecule has 1 aromatic rings. The molecule has 0 aromatic carbocycles. The Labute approximate surface area is 112 Å². The average Bonchev–Trinajstić information content (AvgIpc) is 2.77. The summed E-state index contributed by atoms with van der Waals surface area (Å²) < 4.78 is 5.12. The molecule has 6 nitrogen and oxygen atoms in total. The highest BCUT2D eigenvalue weighted by Gasteiger charge is 2.32. The van der Waals surface area contributed by atoms with Crippen molar-refractivity contribution >= 4 is 12.0 Å². The van der Waals surface area contributed by atoms with Crippen LogP contribution in [0, 0.1) is 5.41 Å². The lowest BCUT2D eigenvalue weighted by Gasteiger charge is -2.27. The molecule has 6 heteroatoms. The summed E-state index contributed by atoms with van der Waals surface area (Å²) in [6, 6.07) is 2.16. The number of aliphatic carboxylic acids is 1. The summed E-state index contributed by atoms with van der Waals surface area (Å²) in [5, 5.41) is 14.1. The first-order chi connectivity index (χ1) is 8.80. The Balaban J connectivity index is 2.39. The van der Waals surface area contributed by atoms with Crippen LogP contribution in [-0.2, 0) is 11.2 Å². The fourth-order valence-electron chi connectivity index (χ4n) is 1.58. The minimum atomic E-state index is -1.05. The number of hydrogen-bond donors (Lipinski definition) is 3. The number of rotatable bonds is 5. The minimum Gasteiger partial charge on any atom is -0.480 e. The molecule has 0 bridgehead atoms. The fraction of sp³-hybridized carbons (Fsp3) is 0.538. The lowest BCUT2D eigenvalue weighted by Crippen LogP contribution is -2.52. The van der Waals surface area contributed by atoms with Gasteiger partial charge < -0.3 is 20.2 Å². The van der Waals surface area contributed by atoms with Crippen molar-refractivity contribution in [3.05, 3.63) is 24.2 Å². The third-order valence-electron chi connectivity index (χ3n) is 2.63. The van der Waals surface area contributed by atoms with Gasteiger partial charge in [0.1, 0.15) is 11.8 Å². The molecule has 1 unspecified atom stereocenters. The molecular weight excluding hydrogens is 248 g/mol. The predicted octanol–water partition coefficient (Wildman–Crippen LogP) is 1.62. The van der Waals surface area contributed by atoms with Crippen molar-refractivity contribution in [2.24, 2.45) is 5.41 Å². The molecule has 1 rings (SSSR count). The van der Waals surface area contributed by atoms with Crippen LogP contribution in [-0.4, -0.2) is 29.7 Å². The largest absolute Gasteiger partial charge is 0.480 e. The predicted molar refractivity (Wildman–Crippen MR) is 69.8 cm³/mol. The van der Waals surface area contributed by atoms with E-state index in [9.17, 15) is 9.59 Å². The van der Waals surface area contributed by atoms with Crippen molar-refractivity contribution in [3.63, 3.8) is 0 Å². The minimum absolute atomic E-state index is 0.385. The van der Waals surface area contributed by atoms with Gasteiger partial charge in [0.05, 0.1) is 6.26 Å². The SMILES string of the molecule is CC(C)(C)C(NC(=O)NCCc1ccco1)C(=O)O. The van der Waals surface area contributed by atoms with Gasteiger partial charge in [-0.05, 0) is 17.5 Å². The van der Waals surface area contributed by atoms with E-state index in [0.717, 1.165) is 5.76 Å². The first kappa shape index (κ1) is 15.1. The zero-order valence-corrected chi connectivity index (χ0v) is 11.4. The zero-order valence-electron chi connectivity index (χ0n) is 11.4. The molecule has 19 heavy (non-hydrogen) atoms. The number of urea groups is 1. The van der Waals surface area contributed by atoms with Gasteiger partial charge in [0.2, 0.25) is 0 Å². The molecule has 0 saturated carbocycles. The van der Waals surface area contributed by atoms with Crippen molar-refractivity contribution in [2.45, 2.75) is 33.2 Å². The summed E-state index contributed by atoms with van der Waals surface area (Å²) in [4.78, 5) is 22.7. The van der Waals surface area contributed by atoms with Crippen LogP contribution in [0.5, 0.6) is 0 Å². The van der Waals surface area contributed by atoms with Gasteiger partial charge in [0.15, 0.2) is 0 Å². The van der Waals surface area contributed by atoms with Crippen LogP contribution >= 0.6 is 0 Å². The monoisotopic (exact) mass is 268 g/mol. The summed E-state index contributed by atoms with van der Waals surface area (Å²) in [7, 11) is 0. The lowest BCUT2D eigenvalue weighted by atomic mass is 9.87. The first-order valence-corrected chi connectivity index (χ1v) is 6.10. The van der Waals surface area contributed by atoms with Crippen LogP contribution in [0.1, 0.15) is 26.5 Å². The van der Waals surface area contributed by atoms with E-state index in [4.69, 9.17) is 9.52 Å². The van der Waals surface area contributed by atoms with E-state index >= 15 is 0 Å². The normalized spacial score (nSPS) is 12.8. The van der Waals surface area contributed by atoms with Crippen LogP contribution in [0.25, 0.3) is 0 Å². The quantitative estimate of drug-likeness (QED) is 0.756. The van der Waals surface area contributed by atoms with E-state index in [1.807, 2.05) is 6.07 Å². The summed E-state index contributed by atoms with van der Waals surface area (Å²) in [6.45, 7) is 5.66. The van der Waals surface area contributed by atoms with Gasteiger partial charge in [0, 0.05) is 13.0 Å². The number of hydrogen-bond acceptors (Lipinski definition) is 3. The molecule has 0 fully saturated rings. The summed E-state index contributed by atoms with van der Waals surface area (Å²) in [5.74, 6) is -0.278. The number of carbonyl (C=O) groups excluding carboxylic acids is 1. The van der Waals surface area contributed by atoms with Gasteiger partial charge in [0.25, 0.3) is 0 Å². The summed E-state index contributed by atoms with van der Waals surface area (Å²) in [5.41, 5.74) is -0.551. The Kier molecular flexibility index (Phi) is 4.97. The second kappa shape index (κ2) is 6.26. The Hall–Kier alpha value is -1.98. The highest BCUT2D eigenvalue weighted by molar-refractivity contribution is 5.83. The van der Waals surface area contributed by atoms with E-state index in [2.05, 4.69) is 10.6 Å². The van der Waals surface area contributed by atoms with Gasteiger partial charge in [-0.3, -0.25) is 0 Å². The van der Waals surface area contributed by atoms with Crippen LogP contribution in [0.2, 0.25) is 0 Å². The molecule has 0 aliphatic heterocycles. The lowest BCUT2D eigenvalue weighted by molar-refractivity contribution is -0.141. The van der Waals surface area contributed by atoms with Gasteiger partial charge in [-0.25, -0.2) is 9.59 Å². The smallest absolute Gasteiger partial charge is 0.326 e.